The number of carbonyl (C=O) groups is 2. The van der Waals surface area contributed by atoms with Crippen molar-refractivity contribution in [3.05, 3.63) is 53.0 Å². The molecular formula is C19H16F3N3O5. The Morgan fingerprint density at radius 2 is 1.77 bits per heavy atom. The van der Waals surface area contributed by atoms with Crippen LogP contribution in [-0.4, -0.2) is 40.6 Å². The number of imidazole rings is 1. The zero-order valence-electron chi connectivity index (χ0n) is 16.0. The summed E-state index contributed by atoms with van der Waals surface area (Å²) in [5.74, 6) is -1.89. The molecule has 8 nitrogen and oxygen atoms in total. The summed E-state index contributed by atoms with van der Waals surface area (Å²) in [5.41, 5.74) is -1.23. The van der Waals surface area contributed by atoms with E-state index in [1.807, 2.05) is 0 Å². The number of nitrogens with zero attached hydrogens (tertiary/aromatic N) is 2. The fourth-order valence-electron chi connectivity index (χ4n) is 2.94. The van der Waals surface area contributed by atoms with Crippen LogP contribution in [0.5, 0.6) is 11.5 Å². The number of halogens is 3. The molecule has 0 bridgehead atoms. The van der Waals surface area contributed by atoms with Gasteiger partial charge >= 0.3 is 12.1 Å². The minimum Gasteiger partial charge on any atom is -0.493 e. The number of carboxylic acids is 1. The number of anilines is 1. The van der Waals surface area contributed by atoms with Crippen LogP contribution in [0, 0.1) is 6.92 Å². The van der Waals surface area contributed by atoms with Crippen LogP contribution in [0.3, 0.4) is 0 Å². The molecule has 3 rings (SSSR count). The summed E-state index contributed by atoms with van der Waals surface area (Å²) in [6.07, 6.45) is -3.85. The molecule has 2 N–H and O–H groups in total. The van der Waals surface area contributed by atoms with E-state index in [9.17, 15) is 27.9 Å². The number of nitrogens with one attached hydrogen (secondary N) is 1. The van der Waals surface area contributed by atoms with Gasteiger partial charge in [-0.05, 0) is 19.1 Å². The van der Waals surface area contributed by atoms with Crippen molar-refractivity contribution in [1.82, 2.24) is 9.38 Å². The highest BCUT2D eigenvalue weighted by Gasteiger charge is 2.32. The summed E-state index contributed by atoms with van der Waals surface area (Å²) >= 11 is 0. The number of carboxylic acid groups (broad SMARTS) is 1. The second kappa shape index (κ2) is 7.58. The number of alkyl halides is 3. The van der Waals surface area contributed by atoms with Gasteiger partial charge < -0.3 is 19.9 Å². The Balaban J connectivity index is 2.09. The number of rotatable bonds is 5. The number of carbonyl (C=O) groups excluding carboxylic acids is 1. The molecule has 158 valence electrons. The highest BCUT2D eigenvalue weighted by Crippen LogP contribution is 2.34. The van der Waals surface area contributed by atoms with Gasteiger partial charge in [0.1, 0.15) is 11.3 Å². The molecule has 0 aliphatic heterocycles. The second-order valence-corrected chi connectivity index (χ2v) is 6.20. The molecule has 0 aliphatic carbocycles. The molecule has 0 aliphatic rings. The van der Waals surface area contributed by atoms with E-state index in [4.69, 9.17) is 9.47 Å². The molecule has 0 fully saturated rings. The second-order valence-electron chi connectivity index (χ2n) is 6.20. The largest absolute Gasteiger partial charge is 0.493 e. The lowest BCUT2D eigenvalue weighted by molar-refractivity contribution is -0.137. The van der Waals surface area contributed by atoms with Crippen LogP contribution in [0.15, 0.2) is 30.5 Å². The molecule has 0 spiro atoms. The molecule has 2 aromatic heterocycles. The Hall–Kier alpha value is -3.76. The average Bonchev–Trinajstić information content (AvgIpc) is 3.01. The predicted molar refractivity (Wildman–Crippen MR) is 99.4 cm³/mol. The number of aromatic carboxylic acids is 1. The van der Waals surface area contributed by atoms with E-state index < -0.39 is 23.6 Å². The SMILES string of the molecule is COc1cc(NC(=O)c2c(C)nc3ccc(C(F)(F)F)cn23)c(C(=O)O)cc1OC. The topological polar surface area (TPSA) is 102 Å². The number of hydrogen-bond acceptors (Lipinski definition) is 5. The lowest BCUT2D eigenvalue weighted by Gasteiger charge is -2.14. The van der Waals surface area contributed by atoms with Crippen LogP contribution in [-0.2, 0) is 6.18 Å². The first kappa shape index (κ1) is 21.0. The maximum absolute atomic E-state index is 13.1. The van der Waals surface area contributed by atoms with Gasteiger partial charge in [-0.2, -0.15) is 13.2 Å². The molecule has 0 radical (unpaired) electrons. The normalized spacial score (nSPS) is 11.4. The standard InChI is InChI=1S/C19H16F3N3O5/c1-9-16(25-8-10(19(20,21)22)4-5-15(25)23-9)17(26)24-12-7-14(30-3)13(29-2)6-11(12)18(27)28/h4-8H,1-3H3,(H,24,26)(H,27,28). The molecule has 3 aromatic rings. The van der Waals surface area contributed by atoms with Crippen LogP contribution in [0.1, 0.15) is 32.1 Å². The Morgan fingerprint density at radius 3 is 2.33 bits per heavy atom. The van der Waals surface area contributed by atoms with Crippen molar-refractivity contribution in [2.75, 3.05) is 19.5 Å². The van der Waals surface area contributed by atoms with E-state index in [0.717, 1.165) is 22.7 Å². The fraction of sp³-hybridized carbons (Fsp3) is 0.211. The number of amides is 1. The number of benzene rings is 1. The van der Waals surface area contributed by atoms with E-state index in [2.05, 4.69) is 10.3 Å². The first-order valence-corrected chi connectivity index (χ1v) is 8.43. The lowest BCUT2D eigenvalue weighted by atomic mass is 10.1. The predicted octanol–water partition coefficient (Wildman–Crippen LogP) is 3.63. The van der Waals surface area contributed by atoms with Crippen LogP contribution >= 0.6 is 0 Å². The molecule has 30 heavy (non-hydrogen) atoms. The summed E-state index contributed by atoms with van der Waals surface area (Å²) in [7, 11) is 2.65. The van der Waals surface area contributed by atoms with Crippen molar-refractivity contribution in [1.29, 1.82) is 0 Å². The molecule has 2 heterocycles. The molecular weight excluding hydrogens is 407 g/mol. The Kier molecular flexibility index (Phi) is 5.29. The van der Waals surface area contributed by atoms with Crippen molar-refractivity contribution in [2.24, 2.45) is 0 Å². The Labute approximate surface area is 167 Å². The lowest BCUT2D eigenvalue weighted by Crippen LogP contribution is -2.18. The monoisotopic (exact) mass is 423 g/mol. The van der Waals surface area contributed by atoms with E-state index in [0.29, 0.717) is 0 Å². The van der Waals surface area contributed by atoms with Crippen molar-refractivity contribution >= 4 is 23.2 Å². The third-order valence-corrected chi connectivity index (χ3v) is 4.34. The first-order valence-electron chi connectivity index (χ1n) is 8.43. The molecule has 0 atom stereocenters. The summed E-state index contributed by atoms with van der Waals surface area (Å²) in [5, 5.41) is 11.9. The summed E-state index contributed by atoms with van der Waals surface area (Å²) in [6.45, 7) is 1.46. The van der Waals surface area contributed by atoms with Gasteiger partial charge in [-0.15, -0.1) is 0 Å². The van der Waals surface area contributed by atoms with Gasteiger partial charge in [0.25, 0.3) is 5.91 Å². The van der Waals surface area contributed by atoms with Gasteiger partial charge in [-0.25, -0.2) is 9.78 Å². The highest BCUT2D eigenvalue weighted by molar-refractivity contribution is 6.08. The zero-order chi connectivity index (χ0) is 22.2. The third-order valence-electron chi connectivity index (χ3n) is 4.34. The average molecular weight is 423 g/mol. The Morgan fingerprint density at radius 1 is 1.13 bits per heavy atom. The van der Waals surface area contributed by atoms with E-state index in [1.165, 1.54) is 33.3 Å². The highest BCUT2D eigenvalue weighted by atomic mass is 19.4. The number of methoxy groups -OCH3 is 2. The fourth-order valence-corrected chi connectivity index (χ4v) is 2.94. The van der Waals surface area contributed by atoms with E-state index in [1.54, 1.807) is 0 Å². The van der Waals surface area contributed by atoms with Gasteiger partial charge in [0.05, 0.1) is 36.7 Å². The van der Waals surface area contributed by atoms with E-state index >= 15 is 0 Å². The van der Waals surface area contributed by atoms with Crippen molar-refractivity contribution < 1.29 is 37.3 Å². The van der Waals surface area contributed by atoms with Crippen LogP contribution in [0.4, 0.5) is 18.9 Å². The number of aromatic nitrogens is 2. The van der Waals surface area contributed by atoms with Gasteiger partial charge in [-0.1, -0.05) is 0 Å². The minimum absolute atomic E-state index is 0.119. The van der Waals surface area contributed by atoms with Gasteiger partial charge in [-0.3, -0.25) is 9.20 Å². The van der Waals surface area contributed by atoms with Crippen LogP contribution < -0.4 is 14.8 Å². The summed E-state index contributed by atoms with van der Waals surface area (Å²) < 4.78 is 50.4. The molecule has 1 amide bonds. The van der Waals surface area contributed by atoms with Crippen molar-refractivity contribution in [3.8, 4) is 11.5 Å². The van der Waals surface area contributed by atoms with Crippen molar-refractivity contribution in [3.63, 3.8) is 0 Å². The number of aryl methyl sites for hydroxylation is 1. The zero-order valence-corrected chi connectivity index (χ0v) is 16.0. The third kappa shape index (κ3) is 3.73. The number of hydrogen-bond donors (Lipinski definition) is 2. The minimum atomic E-state index is -4.61. The molecule has 1 aromatic carbocycles. The summed E-state index contributed by atoms with van der Waals surface area (Å²) in [4.78, 5) is 28.6. The molecule has 0 saturated heterocycles. The molecule has 0 unspecified atom stereocenters. The first-order chi connectivity index (χ1) is 14.1. The number of pyridine rings is 1. The van der Waals surface area contributed by atoms with Crippen LogP contribution in [0.25, 0.3) is 5.65 Å². The number of ether oxygens (including phenoxy) is 2. The van der Waals surface area contributed by atoms with Gasteiger partial charge in [0.2, 0.25) is 0 Å². The molecule has 0 saturated carbocycles. The summed E-state index contributed by atoms with van der Waals surface area (Å²) in [6, 6.07) is 4.42. The van der Waals surface area contributed by atoms with Gasteiger partial charge in [0, 0.05) is 18.3 Å². The quantitative estimate of drug-likeness (QED) is 0.650. The van der Waals surface area contributed by atoms with E-state index in [-0.39, 0.29) is 39.8 Å². The molecule has 11 heteroatoms. The van der Waals surface area contributed by atoms with Crippen LogP contribution in [0.2, 0.25) is 0 Å². The maximum atomic E-state index is 13.1. The number of fused-ring (bicyclic) bond motifs is 1. The Bertz CT molecular complexity index is 1150. The van der Waals surface area contributed by atoms with Crippen molar-refractivity contribution in [2.45, 2.75) is 13.1 Å². The maximum Gasteiger partial charge on any atom is 0.417 e. The van der Waals surface area contributed by atoms with Gasteiger partial charge in [0.15, 0.2) is 11.5 Å². The smallest absolute Gasteiger partial charge is 0.417 e.